The third-order valence-electron chi connectivity index (χ3n) is 8.38. The van der Waals surface area contributed by atoms with E-state index in [1.807, 2.05) is 0 Å². The number of amides is 2. The standard InChI is InChI=1S/2C13H16F2NO.2C5H5.Ti/c2*1-5-16(12(17)13(2,3)4)11-7-6-9(14)8-10(11)15;2*1-2-4-5-3-1;/h2*6-7H,5H2,1-4H3;2*1-3H,4H2;. The van der Waals surface area contributed by atoms with E-state index >= 15 is 17.6 Å². The van der Waals surface area contributed by atoms with Gasteiger partial charge >= 0.3 is 268 Å². The Morgan fingerprint density at radius 3 is 1.29 bits per heavy atom. The molecule has 4 nitrogen and oxygen atoms in total. The van der Waals surface area contributed by atoms with E-state index in [-0.39, 0.29) is 49.1 Å². The third-order valence-corrected chi connectivity index (χ3v) is 16.3. The fraction of sp³-hybridized carbons (Fsp3) is 0.389. The Morgan fingerprint density at radius 2 is 1.02 bits per heavy atom. The van der Waals surface area contributed by atoms with Gasteiger partial charge in [0, 0.05) is 0 Å². The van der Waals surface area contributed by atoms with Crippen molar-refractivity contribution in [3.05, 3.63) is 91.7 Å². The zero-order chi connectivity index (χ0) is 33.5. The molecule has 0 N–H and O–H groups in total. The van der Waals surface area contributed by atoms with E-state index in [9.17, 15) is 9.59 Å². The van der Waals surface area contributed by atoms with Crippen LogP contribution in [0.2, 0.25) is 0 Å². The van der Waals surface area contributed by atoms with Crippen LogP contribution in [0.3, 0.4) is 0 Å². The number of nitrogens with zero attached hydrogens (tertiary/aromatic N) is 2. The number of benzene rings is 2. The second-order valence-corrected chi connectivity index (χ2v) is 19.4. The molecular formula is C36H42F4N2O2Ti. The summed E-state index contributed by atoms with van der Waals surface area (Å²) >= 11 is -5.18. The quantitative estimate of drug-likeness (QED) is 0.214. The predicted octanol–water partition coefficient (Wildman–Crippen LogP) is 7.83. The van der Waals surface area contributed by atoms with E-state index in [1.54, 1.807) is 91.8 Å². The number of hydrogen-bond donors (Lipinski definition) is 0. The second kappa shape index (κ2) is 12.9. The zero-order valence-electron chi connectivity index (χ0n) is 27.3. The SMILES string of the molecule is CCN(C(=O)C(C)(C)C)c1ccc(F)[c]([Ti]([C]2=CC=CC2)([C]2=CC=CC2)[c]2c(F)ccc(N(CC)C(=O)C(C)(C)C)c2F)c1F. The molecule has 2 aromatic rings. The molecule has 2 aromatic carbocycles. The van der Waals surface area contributed by atoms with Gasteiger partial charge in [-0.3, -0.25) is 0 Å². The second-order valence-electron chi connectivity index (χ2n) is 13.5. The van der Waals surface area contributed by atoms with Crippen LogP contribution in [0.15, 0.2) is 68.5 Å². The molecule has 2 aliphatic carbocycles. The molecule has 4 rings (SSSR count). The zero-order valence-corrected chi connectivity index (χ0v) is 28.9. The van der Waals surface area contributed by atoms with Crippen LogP contribution in [0.25, 0.3) is 0 Å². The minimum absolute atomic E-state index is 0.102. The van der Waals surface area contributed by atoms with Crippen molar-refractivity contribution in [1.82, 2.24) is 0 Å². The van der Waals surface area contributed by atoms with Gasteiger partial charge in [0.2, 0.25) is 0 Å². The van der Waals surface area contributed by atoms with Crippen LogP contribution in [0.1, 0.15) is 68.2 Å². The van der Waals surface area contributed by atoms with Gasteiger partial charge in [-0.1, -0.05) is 0 Å². The molecule has 0 fully saturated rings. The third kappa shape index (κ3) is 6.04. The molecule has 45 heavy (non-hydrogen) atoms. The summed E-state index contributed by atoms with van der Waals surface area (Å²) in [6, 6.07) is 4.64. The molecule has 9 heteroatoms. The summed E-state index contributed by atoms with van der Waals surface area (Å²) in [6.07, 6.45) is 11.0. The topological polar surface area (TPSA) is 40.6 Å². The van der Waals surface area contributed by atoms with Crippen molar-refractivity contribution in [3.63, 3.8) is 0 Å². The molecular weight excluding hydrogens is 616 g/mol. The molecule has 240 valence electrons. The van der Waals surface area contributed by atoms with E-state index in [1.165, 1.54) is 21.9 Å². The Bertz CT molecular complexity index is 1520. The first kappa shape index (κ1) is 34.6. The van der Waals surface area contributed by atoms with E-state index in [0.29, 0.717) is 7.76 Å². The molecule has 0 heterocycles. The molecule has 0 saturated carbocycles. The molecule has 0 aromatic heterocycles. The van der Waals surface area contributed by atoms with Gasteiger partial charge in [-0.05, 0) is 0 Å². The first-order valence-electron chi connectivity index (χ1n) is 15.4. The maximum absolute atomic E-state index is 17.3. The van der Waals surface area contributed by atoms with Gasteiger partial charge in [0.1, 0.15) is 0 Å². The number of halogens is 4. The average Bonchev–Trinajstić information content (AvgIpc) is 3.69. The van der Waals surface area contributed by atoms with E-state index in [0.717, 1.165) is 12.1 Å². The minimum atomic E-state index is -5.18. The van der Waals surface area contributed by atoms with Crippen LogP contribution in [0.4, 0.5) is 28.9 Å². The Labute approximate surface area is 267 Å². The number of carbonyl (C=O) groups is 2. The summed E-state index contributed by atoms with van der Waals surface area (Å²) in [6.45, 7) is 13.9. The van der Waals surface area contributed by atoms with Crippen molar-refractivity contribution in [1.29, 1.82) is 0 Å². The van der Waals surface area contributed by atoms with Crippen molar-refractivity contribution in [2.45, 2.75) is 68.2 Å². The maximum atomic E-state index is 17.3. The number of hydrogen-bond acceptors (Lipinski definition) is 2. The van der Waals surface area contributed by atoms with Gasteiger partial charge in [-0.25, -0.2) is 0 Å². The van der Waals surface area contributed by atoms with Gasteiger partial charge < -0.3 is 0 Å². The van der Waals surface area contributed by atoms with Crippen LogP contribution in [0.5, 0.6) is 0 Å². The Morgan fingerprint density at radius 1 is 0.667 bits per heavy atom. The molecule has 0 aliphatic heterocycles. The number of anilines is 2. The van der Waals surface area contributed by atoms with Gasteiger partial charge in [-0.2, -0.15) is 0 Å². The van der Waals surface area contributed by atoms with E-state index < -0.39 is 58.4 Å². The summed E-state index contributed by atoms with van der Waals surface area (Å²) in [5, 5.41) is 0. The Balaban J connectivity index is 2.18. The normalized spacial score (nSPS) is 14.9. The molecule has 0 unspecified atom stereocenters. The van der Waals surface area contributed by atoms with E-state index in [2.05, 4.69) is 0 Å². The van der Waals surface area contributed by atoms with Crippen molar-refractivity contribution in [3.8, 4) is 0 Å². The molecule has 0 saturated heterocycles. The molecule has 0 bridgehead atoms. The Kier molecular flexibility index (Phi) is 9.91. The molecule has 2 amide bonds. The van der Waals surface area contributed by atoms with Crippen molar-refractivity contribution >= 4 is 30.9 Å². The van der Waals surface area contributed by atoms with Crippen LogP contribution in [-0.2, 0) is 26.2 Å². The van der Waals surface area contributed by atoms with Crippen LogP contribution >= 0.6 is 0 Å². The summed E-state index contributed by atoms with van der Waals surface area (Å²) in [4.78, 5) is 29.4. The summed E-state index contributed by atoms with van der Waals surface area (Å²) in [7, 11) is 0. The summed E-state index contributed by atoms with van der Waals surface area (Å²) in [5.74, 6) is -4.62. The molecule has 0 atom stereocenters. The van der Waals surface area contributed by atoms with Gasteiger partial charge in [0.15, 0.2) is 0 Å². The average molecular weight is 659 g/mol. The van der Waals surface area contributed by atoms with Gasteiger partial charge in [0.25, 0.3) is 0 Å². The fourth-order valence-electron chi connectivity index (χ4n) is 6.27. The van der Waals surface area contributed by atoms with Crippen LogP contribution in [0, 0.1) is 34.1 Å². The van der Waals surface area contributed by atoms with Gasteiger partial charge in [-0.15, -0.1) is 0 Å². The molecule has 0 spiro atoms. The first-order chi connectivity index (χ1) is 21.0. The van der Waals surface area contributed by atoms with Crippen molar-refractivity contribution < 1.29 is 43.7 Å². The number of carbonyl (C=O) groups excluding carboxylic acids is 2. The molecule has 2 aliphatic rings. The number of rotatable bonds is 8. The van der Waals surface area contributed by atoms with Gasteiger partial charge in [0.05, 0.1) is 0 Å². The van der Waals surface area contributed by atoms with Crippen LogP contribution < -0.4 is 17.5 Å². The Hall–Kier alpha value is -3.23. The first-order valence-corrected chi connectivity index (χ1v) is 18.5. The van der Waals surface area contributed by atoms with Crippen molar-refractivity contribution in [2.24, 2.45) is 10.8 Å². The van der Waals surface area contributed by atoms with E-state index in [4.69, 9.17) is 0 Å². The monoisotopic (exact) mass is 658 g/mol. The fourth-order valence-corrected chi connectivity index (χ4v) is 14.5. The number of allylic oxidation sites excluding steroid dienone is 8. The van der Waals surface area contributed by atoms with Crippen LogP contribution in [-0.4, -0.2) is 24.9 Å². The predicted molar refractivity (Wildman–Crippen MR) is 171 cm³/mol. The summed E-state index contributed by atoms with van der Waals surface area (Å²) < 4.78 is 67.9. The molecule has 0 radical (unpaired) electrons. The summed E-state index contributed by atoms with van der Waals surface area (Å²) in [5.41, 5.74) is -2.03. The van der Waals surface area contributed by atoms with Crippen molar-refractivity contribution in [2.75, 3.05) is 22.9 Å².